The third kappa shape index (κ3) is 3.69. The van der Waals surface area contributed by atoms with E-state index in [1.165, 1.54) is 0 Å². The number of alkyl halides is 12. The Kier molecular flexibility index (Phi) is 5.33. The van der Waals surface area contributed by atoms with Crippen LogP contribution < -0.4 is 0 Å². The minimum Gasteiger partial charge on any atom is -0.477 e. The molecule has 0 fully saturated rings. The highest BCUT2D eigenvalue weighted by molar-refractivity contribution is 5.84. The Morgan fingerprint density at radius 3 is 1.45 bits per heavy atom. The summed E-state index contributed by atoms with van der Waals surface area (Å²) in [5.41, 5.74) is 0. The van der Waals surface area contributed by atoms with Crippen LogP contribution in [0.3, 0.4) is 0 Å². The maximum atomic E-state index is 12.8. The summed E-state index contributed by atoms with van der Waals surface area (Å²) in [5, 5.41) is 0. The van der Waals surface area contributed by atoms with Crippen LogP contribution in [0, 0.1) is 0 Å². The van der Waals surface area contributed by atoms with Crippen LogP contribution in [0.2, 0.25) is 0 Å². The van der Waals surface area contributed by atoms with Crippen LogP contribution in [0.25, 0.3) is 0 Å². The highest BCUT2D eigenvalue weighted by atomic mass is 19.4. The van der Waals surface area contributed by atoms with Gasteiger partial charge in [0.2, 0.25) is 0 Å². The average molecular weight is 359 g/mol. The van der Waals surface area contributed by atoms with E-state index in [2.05, 4.69) is 4.74 Å². The molecule has 14 heteroatoms. The second-order valence-electron chi connectivity index (χ2n) is 3.54. The Labute approximate surface area is 113 Å². The van der Waals surface area contributed by atoms with Gasteiger partial charge in [-0.05, 0) is 6.92 Å². The van der Waals surface area contributed by atoms with Gasteiger partial charge in [-0.1, -0.05) is 0 Å². The molecular formula is C8H5F12NO. The van der Waals surface area contributed by atoms with Gasteiger partial charge in [-0.2, -0.15) is 57.7 Å². The topological polar surface area (TPSA) is 21.6 Å². The third-order valence-corrected chi connectivity index (χ3v) is 1.88. The van der Waals surface area contributed by atoms with Crippen molar-refractivity contribution in [3.63, 3.8) is 0 Å². The predicted octanol–water partition coefficient (Wildman–Crippen LogP) is 4.41. The highest BCUT2D eigenvalue weighted by Gasteiger charge is 2.75. The van der Waals surface area contributed by atoms with Crippen molar-refractivity contribution >= 4 is 5.90 Å². The second kappa shape index (κ2) is 5.68. The summed E-state index contributed by atoms with van der Waals surface area (Å²) in [6, 6.07) is -6.65. The lowest BCUT2D eigenvalue weighted by Crippen LogP contribution is -2.53. The molecular weight excluding hydrogens is 354 g/mol. The fourth-order valence-electron chi connectivity index (χ4n) is 0.819. The second-order valence-corrected chi connectivity index (χ2v) is 3.54. The van der Waals surface area contributed by atoms with Crippen LogP contribution >= 0.6 is 0 Å². The standard InChI is InChI=1S/C8H5F12NO/c1-2-22-3(4(9,10)6(13,14)15)21-8(19,20)5(11,12)7(16,17)18/h2H2,1H3/b21-3-. The van der Waals surface area contributed by atoms with Crippen molar-refractivity contribution in [3.8, 4) is 0 Å². The summed E-state index contributed by atoms with van der Waals surface area (Å²) in [4.78, 5) is 0.896. The van der Waals surface area contributed by atoms with E-state index >= 15 is 0 Å². The lowest BCUT2D eigenvalue weighted by atomic mass is 10.2. The minimum absolute atomic E-state index is 0.683. The SMILES string of the molecule is CCO/C(=N\C(F)(F)C(F)(F)C(F)(F)F)C(F)(F)C(F)(F)F. The van der Waals surface area contributed by atoms with Gasteiger partial charge in [0, 0.05) is 0 Å². The van der Waals surface area contributed by atoms with Crippen LogP contribution in [-0.2, 0) is 4.74 Å². The first kappa shape index (κ1) is 20.6. The molecule has 0 aromatic rings. The molecule has 0 unspecified atom stereocenters. The molecule has 0 amide bonds. The fraction of sp³-hybridized carbons (Fsp3) is 0.875. The number of rotatable bonds is 4. The van der Waals surface area contributed by atoms with Crippen LogP contribution in [0.1, 0.15) is 6.92 Å². The number of hydrogen-bond acceptors (Lipinski definition) is 2. The average Bonchev–Trinajstić information content (AvgIpc) is 2.24. The summed E-state index contributed by atoms with van der Waals surface area (Å²) in [5.74, 6) is -16.6. The molecule has 0 saturated carbocycles. The summed E-state index contributed by atoms with van der Waals surface area (Å²) >= 11 is 0. The quantitative estimate of drug-likeness (QED) is 0.315. The van der Waals surface area contributed by atoms with Crippen LogP contribution in [-0.4, -0.2) is 42.7 Å². The molecule has 0 aliphatic rings. The van der Waals surface area contributed by atoms with Crippen LogP contribution in [0.5, 0.6) is 0 Å². The normalized spacial score (nSPS) is 16.0. The molecule has 0 atom stereocenters. The molecule has 0 saturated heterocycles. The number of nitrogens with zero attached hydrogens (tertiary/aromatic N) is 1. The van der Waals surface area contributed by atoms with E-state index in [0.29, 0.717) is 6.92 Å². The fourth-order valence-corrected chi connectivity index (χ4v) is 0.819. The maximum absolute atomic E-state index is 12.8. The monoisotopic (exact) mass is 359 g/mol. The molecule has 0 bridgehead atoms. The number of halogens is 12. The van der Waals surface area contributed by atoms with Crippen molar-refractivity contribution in [3.05, 3.63) is 0 Å². The maximum Gasteiger partial charge on any atom is 0.463 e. The number of ether oxygens (including phenoxy) is 1. The molecule has 132 valence electrons. The molecule has 0 spiro atoms. The van der Waals surface area contributed by atoms with Gasteiger partial charge in [0.1, 0.15) is 0 Å². The zero-order valence-electron chi connectivity index (χ0n) is 10.1. The van der Waals surface area contributed by atoms with Crippen LogP contribution in [0.15, 0.2) is 4.99 Å². The van der Waals surface area contributed by atoms with Gasteiger partial charge in [0.25, 0.3) is 5.90 Å². The zero-order chi connectivity index (χ0) is 18.2. The zero-order valence-corrected chi connectivity index (χ0v) is 10.1. The smallest absolute Gasteiger partial charge is 0.463 e. The van der Waals surface area contributed by atoms with Gasteiger partial charge in [-0.25, -0.2) is 0 Å². The Bertz CT molecular complexity index is 420. The lowest BCUT2D eigenvalue weighted by molar-refractivity contribution is -0.352. The van der Waals surface area contributed by atoms with Gasteiger partial charge in [-0.3, -0.25) is 0 Å². The predicted molar refractivity (Wildman–Crippen MR) is 46.0 cm³/mol. The molecule has 0 N–H and O–H groups in total. The summed E-state index contributed by atoms with van der Waals surface area (Å²) < 4.78 is 150. The van der Waals surface area contributed by atoms with Crippen molar-refractivity contribution in [1.29, 1.82) is 0 Å². The Morgan fingerprint density at radius 2 is 1.18 bits per heavy atom. The summed E-state index contributed by atoms with van der Waals surface area (Å²) in [6.45, 7) is -0.500. The van der Waals surface area contributed by atoms with E-state index in [9.17, 15) is 52.7 Å². The van der Waals surface area contributed by atoms with E-state index in [4.69, 9.17) is 0 Å². The van der Waals surface area contributed by atoms with Gasteiger partial charge in [0.15, 0.2) is 0 Å². The minimum atomic E-state index is -7.00. The van der Waals surface area contributed by atoms with E-state index in [0.717, 1.165) is 4.99 Å². The first-order valence-electron chi connectivity index (χ1n) is 4.91. The molecule has 0 heterocycles. The van der Waals surface area contributed by atoms with Gasteiger partial charge < -0.3 is 4.74 Å². The van der Waals surface area contributed by atoms with Crippen molar-refractivity contribution in [1.82, 2.24) is 0 Å². The van der Waals surface area contributed by atoms with Gasteiger partial charge in [0.05, 0.1) is 6.61 Å². The first-order chi connectivity index (χ1) is 9.42. The van der Waals surface area contributed by atoms with E-state index in [1.54, 1.807) is 0 Å². The molecule has 22 heavy (non-hydrogen) atoms. The molecule has 0 aromatic carbocycles. The molecule has 0 rings (SSSR count). The Morgan fingerprint density at radius 1 is 0.773 bits per heavy atom. The van der Waals surface area contributed by atoms with Gasteiger partial charge >= 0.3 is 30.2 Å². The van der Waals surface area contributed by atoms with Crippen LogP contribution in [0.4, 0.5) is 52.7 Å². The largest absolute Gasteiger partial charge is 0.477 e. The van der Waals surface area contributed by atoms with E-state index in [1.807, 2.05) is 0 Å². The third-order valence-electron chi connectivity index (χ3n) is 1.88. The lowest BCUT2D eigenvalue weighted by Gasteiger charge is -2.27. The van der Waals surface area contributed by atoms with Crippen molar-refractivity contribution in [2.45, 2.75) is 37.2 Å². The molecule has 0 radical (unpaired) electrons. The van der Waals surface area contributed by atoms with Gasteiger partial charge in [-0.15, -0.1) is 0 Å². The van der Waals surface area contributed by atoms with Crippen molar-refractivity contribution < 1.29 is 57.4 Å². The molecule has 0 aromatic heterocycles. The number of aliphatic imine (C=N–C) groups is 1. The Balaban J connectivity index is 6.04. The van der Waals surface area contributed by atoms with Crippen molar-refractivity contribution in [2.75, 3.05) is 6.61 Å². The summed E-state index contributed by atoms with van der Waals surface area (Å²) in [7, 11) is 0. The summed E-state index contributed by atoms with van der Waals surface area (Å²) in [6.07, 6.45) is -13.6. The van der Waals surface area contributed by atoms with E-state index < -0.39 is 42.7 Å². The molecule has 2 nitrogen and oxygen atoms in total. The molecule has 0 aliphatic heterocycles. The van der Waals surface area contributed by atoms with E-state index in [-0.39, 0.29) is 0 Å². The number of hydrogen-bond donors (Lipinski definition) is 0. The first-order valence-corrected chi connectivity index (χ1v) is 4.91. The van der Waals surface area contributed by atoms with Crippen molar-refractivity contribution in [2.24, 2.45) is 4.99 Å². The highest BCUT2D eigenvalue weighted by Crippen LogP contribution is 2.48. The molecule has 0 aliphatic carbocycles. The Hall–Kier alpha value is -1.37.